The molecule has 0 aliphatic heterocycles. The van der Waals surface area contributed by atoms with Gasteiger partial charge in [-0.15, -0.1) is 0 Å². The average molecular weight is 525 g/mol. The predicted molar refractivity (Wildman–Crippen MR) is 134 cm³/mol. The fourth-order valence-corrected chi connectivity index (χ4v) is 4.28. The van der Waals surface area contributed by atoms with Gasteiger partial charge in [0.15, 0.2) is 5.82 Å². The van der Waals surface area contributed by atoms with Crippen molar-refractivity contribution in [1.29, 1.82) is 0 Å². The van der Waals surface area contributed by atoms with E-state index in [-0.39, 0.29) is 29.0 Å². The molecule has 10 heteroatoms. The summed E-state index contributed by atoms with van der Waals surface area (Å²) in [5.41, 5.74) is 2.85. The van der Waals surface area contributed by atoms with E-state index in [9.17, 15) is 18.7 Å². The topological polar surface area (TPSA) is 90.1 Å². The molecule has 4 heterocycles. The summed E-state index contributed by atoms with van der Waals surface area (Å²) in [6.07, 6.45) is 3.88. The fraction of sp³-hybridized carbons (Fsp3) is 0.259. The Morgan fingerprint density at radius 2 is 1.92 bits per heavy atom. The summed E-state index contributed by atoms with van der Waals surface area (Å²) < 4.78 is 34.0. The SMILES string of the molecule is Cc1cnc(-c2cccc([C@@H](O)C3CC3)n2)cc1-n1c(C)cc(OCc2ncc(F)cc2F)c(Cl)c1=O. The van der Waals surface area contributed by atoms with Gasteiger partial charge in [0.25, 0.3) is 5.56 Å². The molecule has 1 saturated carbocycles. The first-order chi connectivity index (χ1) is 17.7. The number of aliphatic hydroxyl groups excluding tert-OH is 1. The predicted octanol–water partition coefficient (Wildman–Crippen LogP) is 5.26. The van der Waals surface area contributed by atoms with Gasteiger partial charge in [0.05, 0.1) is 35.1 Å². The van der Waals surface area contributed by atoms with E-state index < -0.39 is 23.3 Å². The minimum Gasteiger partial charge on any atom is -0.485 e. The van der Waals surface area contributed by atoms with Gasteiger partial charge in [-0.2, -0.15) is 0 Å². The van der Waals surface area contributed by atoms with Crippen molar-refractivity contribution in [2.45, 2.75) is 39.4 Å². The molecule has 5 rings (SSSR count). The van der Waals surface area contributed by atoms with E-state index in [0.29, 0.717) is 34.5 Å². The van der Waals surface area contributed by atoms with Gasteiger partial charge >= 0.3 is 0 Å². The van der Waals surface area contributed by atoms with E-state index in [1.165, 1.54) is 4.57 Å². The number of aliphatic hydroxyl groups is 1. The summed E-state index contributed by atoms with van der Waals surface area (Å²) in [6.45, 7) is 3.20. The van der Waals surface area contributed by atoms with Crippen LogP contribution in [0.3, 0.4) is 0 Å². The van der Waals surface area contributed by atoms with Crippen molar-refractivity contribution < 1.29 is 18.6 Å². The van der Waals surface area contributed by atoms with Crippen LogP contribution in [0.25, 0.3) is 17.1 Å². The van der Waals surface area contributed by atoms with E-state index in [1.807, 2.05) is 13.0 Å². The van der Waals surface area contributed by atoms with Gasteiger partial charge in [-0.05, 0) is 56.4 Å². The molecule has 4 aromatic rings. The maximum Gasteiger partial charge on any atom is 0.277 e. The van der Waals surface area contributed by atoms with E-state index in [0.717, 1.165) is 24.6 Å². The van der Waals surface area contributed by atoms with Crippen molar-refractivity contribution >= 4 is 11.6 Å². The lowest BCUT2D eigenvalue weighted by Crippen LogP contribution is -2.23. The zero-order valence-electron chi connectivity index (χ0n) is 20.1. The second kappa shape index (κ2) is 9.99. The van der Waals surface area contributed by atoms with Crippen LogP contribution in [0.4, 0.5) is 8.78 Å². The third kappa shape index (κ3) is 5.10. The largest absolute Gasteiger partial charge is 0.485 e. The number of ether oxygens (including phenoxy) is 1. The van der Waals surface area contributed by atoms with Crippen molar-refractivity contribution in [2.75, 3.05) is 0 Å². The summed E-state index contributed by atoms with van der Waals surface area (Å²) in [5.74, 6) is -1.36. The Balaban J connectivity index is 1.48. The first-order valence-corrected chi connectivity index (χ1v) is 12.1. The van der Waals surface area contributed by atoms with E-state index in [1.54, 1.807) is 37.4 Å². The highest BCUT2D eigenvalue weighted by atomic mass is 35.5. The molecule has 1 fully saturated rings. The summed E-state index contributed by atoms with van der Waals surface area (Å²) in [7, 11) is 0. The normalized spacial score (nSPS) is 14.0. The van der Waals surface area contributed by atoms with Crippen LogP contribution in [0.15, 0.2) is 53.6 Å². The minimum atomic E-state index is -0.858. The Bertz CT molecular complexity index is 1560. The Morgan fingerprint density at radius 1 is 1.14 bits per heavy atom. The number of halogens is 3. The van der Waals surface area contributed by atoms with Gasteiger partial charge in [0.2, 0.25) is 0 Å². The minimum absolute atomic E-state index is 0.0568. The van der Waals surface area contributed by atoms with E-state index >= 15 is 0 Å². The van der Waals surface area contributed by atoms with E-state index in [4.69, 9.17) is 16.3 Å². The summed E-state index contributed by atoms with van der Waals surface area (Å²) in [4.78, 5) is 26.1. The highest BCUT2D eigenvalue weighted by Crippen LogP contribution is 2.40. The molecule has 37 heavy (non-hydrogen) atoms. The number of pyridine rings is 4. The lowest BCUT2D eigenvalue weighted by molar-refractivity contribution is 0.149. The Kier molecular flexibility index (Phi) is 6.74. The first kappa shape index (κ1) is 25.0. The highest BCUT2D eigenvalue weighted by molar-refractivity contribution is 6.31. The maximum absolute atomic E-state index is 13.9. The molecule has 190 valence electrons. The third-order valence-corrected chi connectivity index (χ3v) is 6.62. The van der Waals surface area contributed by atoms with Crippen LogP contribution in [0.1, 0.15) is 41.6 Å². The maximum atomic E-state index is 13.9. The van der Waals surface area contributed by atoms with Crippen LogP contribution in [-0.4, -0.2) is 24.6 Å². The molecule has 1 atom stereocenters. The Morgan fingerprint density at radius 3 is 2.65 bits per heavy atom. The number of hydrogen-bond donors (Lipinski definition) is 1. The molecule has 1 N–H and O–H groups in total. The zero-order chi connectivity index (χ0) is 26.3. The molecule has 0 radical (unpaired) electrons. The van der Waals surface area contributed by atoms with Crippen LogP contribution in [0.5, 0.6) is 5.75 Å². The highest BCUT2D eigenvalue weighted by Gasteiger charge is 2.31. The molecule has 0 spiro atoms. The molecule has 0 unspecified atom stereocenters. The first-order valence-electron chi connectivity index (χ1n) is 11.7. The van der Waals surface area contributed by atoms with Crippen molar-refractivity contribution in [2.24, 2.45) is 5.92 Å². The molecule has 1 aliphatic carbocycles. The van der Waals surface area contributed by atoms with Gasteiger partial charge in [-0.3, -0.25) is 19.3 Å². The molecule has 0 bridgehead atoms. The summed E-state index contributed by atoms with van der Waals surface area (Å²) >= 11 is 6.36. The molecule has 1 aliphatic rings. The van der Waals surface area contributed by atoms with Crippen molar-refractivity contribution in [3.63, 3.8) is 0 Å². The number of aryl methyl sites for hydroxylation is 2. The van der Waals surface area contributed by atoms with Crippen LogP contribution in [0, 0.1) is 31.4 Å². The lowest BCUT2D eigenvalue weighted by atomic mass is 10.1. The number of hydrogen-bond acceptors (Lipinski definition) is 6. The summed E-state index contributed by atoms with van der Waals surface area (Å²) in [6, 6.07) is 9.43. The lowest BCUT2D eigenvalue weighted by Gasteiger charge is -2.17. The average Bonchev–Trinajstić information content (AvgIpc) is 3.73. The van der Waals surface area contributed by atoms with Crippen LogP contribution >= 0.6 is 11.6 Å². The van der Waals surface area contributed by atoms with Gasteiger partial charge in [0, 0.05) is 24.0 Å². The molecular weight excluding hydrogens is 502 g/mol. The van der Waals surface area contributed by atoms with Gasteiger partial charge < -0.3 is 9.84 Å². The van der Waals surface area contributed by atoms with Crippen LogP contribution < -0.4 is 10.3 Å². The van der Waals surface area contributed by atoms with Gasteiger partial charge in [-0.1, -0.05) is 17.7 Å². The Hall–Kier alpha value is -3.69. The molecule has 0 amide bonds. The van der Waals surface area contributed by atoms with Crippen molar-refractivity contribution in [1.82, 2.24) is 19.5 Å². The summed E-state index contributed by atoms with van der Waals surface area (Å²) in [5, 5.41) is 10.3. The quantitative estimate of drug-likeness (QED) is 0.355. The third-order valence-electron chi connectivity index (χ3n) is 6.27. The molecule has 0 aromatic carbocycles. The number of nitrogens with zero attached hydrogens (tertiary/aromatic N) is 4. The second-order valence-electron chi connectivity index (χ2n) is 9.06. The standard InChI is InChI=1S/C27H23ClF2N4O3/c1-14-11-31-21(19-4-3-5-20(33-19)26(35)16-6-7-16)10-23(14)34-15(2)8-24(25(28)27(34)36)37-13-22-18(30)9-17(29)12-32-22/h3-5,8-12,16,26,35H,6-7,13H2,1-2H3/t26-/m0/s1. The van der Waals surface area contributed by atoms with Crippen LogP contribution in [0.2, 0.25) is 5.02 Å². The molecular formula is C27H23ClF2N4O3. The molecule has 4 aromatic heterocycles. The fourth-order valence-electron chi connectivity index (χ4n) is 4.09. The smallest absolute Gasteiger partial charge is 0.277 e. The number of rotatable bonds is 7. The Labute approximate surface area is 216 Å². The monoisotopic (exact) mass is 524 g/mol. The van der Waals surface area contributed by atoms with Crippen molar-refractivity contribution in [3.8, 4) is 22.8 Å². The number of aromatic nitrogens is 4. The van der Waals surface area contributed by atoms with Crippen molar-refractivity contribution in [3.05, 3.63) is 98.4 Å². The van der Waals surface area contributed by atoms with Gasteiger partial charge in [0.1, 0.15) is 28.9 Å². The molecule has 7 nitrogen and oxygen atoms in total. The van der Waals surface area contributed by atoms with E-state index in [2.05, 4.69) is 15.0 Å². The molecule has 0 saturated heterocycles. The zero-order valence-corrected chi connectivity index (χ0v) is 20.8. The second-order valence-corrected chi connectivity index (χ2v) is 9.44. The van der Waals surface area contributed by atoms with Gasteiger partial charge in [-0.25, -0.2) is 13.8 Å². The van der Waals surface area contributed by atoms with Crippen LogP contribution in [-0.2, 0) is 6.61 Å².